The first-order valence-corrected chi connectivity index (χ1v) is 5.90. The number of fused-ring (bicyclic) bond motifs is 1. The van der Waals surface area contributed by atoms with Crippen LogP contribution in [0.3, 0.4) is 0 Å². The van der Waals surface area contributed by atoms with Crippen molar-refractivity contribution >= 4 is 26.8 Å². The first kappa shape index (κ1) is 11.5. The summed E-state index contributed by atoms with van der Waals surface area (Å²) in [6, 6.07) is 3.98. The van der Waals surface area contributed by atoms with Crippen molar-refractivity contribution in [2.24, 2.45) is 0 Å². The third kappa shape index (κ3) is 1.95. The number of rotatable bonds is 3. The second kappa shape index (κ2) is 4.47. The molecular formula is C12H15BrN2O. The van der Waals surface area contributed by atoms with Crippen LogP contribution in [0.15, 0.2) is 22.8 Å². The Hall–Kier alpha value is -1.00. The van der Waals surface area contributed by atoms with Gasteiger partial charge < -0.3 is 14.6 Å². The van der Waals surface area contributed by atoms with Crippen molar-refractivity contribution in [2.45, 2.75) is 6.54 Å². The Labute approximate surface area is 104 Å². The predicted molar refractivity (Wildman–Crippen MR) is 69.9 cm³/mol. The third-order valence-electron chi connectivity index (χ3n) is 2.53. The summed E-state index contributed by atoms with van der Waals surface area (Å²) in [6.07, 6.45) is 2.04. The Kier molecular flexibility index (Phi) is 3.21. The van der Waals surface area contributed by atoms with Crippen LogP contribution in [0.1, 0.15) is 5.56 Å². The number of aromatic nitrogens is 1. The molecule has 2 aromatic rings. The molecule has 0 saturated heterocycles. The van der Waals surface area contributed by atoms with E-state index >= 15 is 0 Å². The SMILES string of the molecule is COc1ccc(Br)c2[nH]cc(CN(C)C)c12. The molecule has 86 valence electrons. The molecule has 4 heteroatoms. The fraction of sp³-hybridized carbons (Fsp3) is 0.333. The second-order valence-corrected chi connectivity index (χ2v) is 4.91. The minimum Gasteiger partial charge on any atom is -0.496 e. The average Bonchev–Trinajstić information content (AvgIpc) is 2.63. The molecule has 0 aliphatic carbocycles. The third-order valence-corrected chi connectivity index (χ3v) is 3.20. The number of halogens is 1. The largest absolute Gasteiger partial charge is 0.496 e. The summed E-state index contributed by atoms with van der Waals surface area (Å²) in [5.41, 5.74) is 2.34. The Bertz CT molecular complexity index is 505. The van der Waals surface area contributed by atoms with Crippen LogP contribution in [0, 0.1) is 0 Å². The van der Waals surface area contributed by atoms with Gasteiger partial charge in [0, 0.05) is 22.6 Å². The molecule has 0 radical (unpaired) electrons. The van der Waals surface area contributed by atoms with Crippen molar-refractivity contribution in [1.82, 2.24) is 9.88 Å². The molecule has 0 aliphatic heterocycles. The number of methoxy groups -OCH3 is 1. The topological polar surface area (TPSA) is 28.3 Å². The van der Waals surface area contributed by atoms with Gasteiger partial charge in [0.1, 0.15) is 5.75 Å². The molecule has 0 bridgehead atoms. The van der Waals surface area contributed by atoms with Gasteiger partial charge in [-0.05, 0) is 47.7 Å². The molecule has 0 unspecified atom stereocenters. The highest BCUT2D eigenvalue weighted by molar-refractivity contribution is 9.10. The summed E-state index contributed by atoms with van der Waals surface area (Å²) in [5.74, 6) is 0.913. The van der Waals surface area contributed by atoms with Crippen LogP contribution in [-0.2, 0) is 6.54 Å². The average molecular weight is 283 g/mol. The van der Waals surface area contributed by atoms with Crippen LogP contribution in [0.25, 0.3) is 10.9 Å². The molecule has 1 aromatic heterocycles. The highest BCUT2D eigenvalue weighted by Crippen LogP contribution is 2.33. The van der Waals surface area contributed by atoms with E-state index < -0.39 is 0 Å². The fourth-order valence-electron chi connectivity index (χ4n) is 1.88. The van der Waals surface area contributed by atoms with Crippen LogP contribution in [0.5, 0.6) is 5.75 Å². The van der Waals surface area contributed by atoms with Crippen molar-refractivity contribution in [3.05, 3.63) is 28.4 Å². The predicted octanol–water partition coefficient (Wildman–Crippen LogP) is 3.00. The zero-order chi connectivity index (χ0) is 11.7. The van der Waals surface area contributed by atoms with Gasteiger partial charge in [0.25, 0.3) is 0 Å². The molecule has 2 rings (SSSR count). The maximum absolute atomic E-state index is 5.40. The molecule has 16 heavy (non-hydrogen) atoms. The monoisotopic (exact) mass is 282 g/mol. The minimum atomic E-state index is 0.896. The summed E-state index contributed by atoms with van der Waals surface area (Å²) in [5, 5.41) is 1.16. The van der Waals surface area contributed by atoms with Gasteiger partial charge in [-0.2, -0.15) is 0 Å². The molecule has 0 spiro atoms. The van der Waals surface area contributed by atoms with Crippen LogP contribution in [-0.4, -0.2) is 31.1 Å². The van der Waals surface area contributed by atoms with Crippen molar-refractivity contribution in [3.63, 3.8) is 0 Å². The molecule has 0 aliphatic rings. The van der Waals surface area contributed by atoms with Crippen molar-refractivity contribution in [2.75, 3.05) is 21.2 Å². The molecular weight excluding hydrogens is 268 g/mol. The second-order valence-electron chi connectivity index (χ2n) is 4.05. The highest BCUT2D eigenvalue weighted by Gasteiger charge is 2.12. The molecule has 1 aromatic carbocycles. The first-order chi connectivity index (χ1) is 7.63. The van der Waals surface area contributed by atoms with E-state index in [9.17, 15) is 0 Å². The van der Waals surface area contributed by atoms with Gasteiger partial charge in [-0.3, -0.25) is 0 Å². The van der Waals surface area contributed by atoms with Crippen LogP contribution in [0.4, 0.5) is 0 Å². The van der Waals surface area contributed by atoms with Crippen molar-refractivity contribution < 1.29 is 4.74 Å². The van der Waals surface area contributed by atoms with Crippen LogP contribution < -0.4 is 4.74 Å². The molecule has 0 saturated carbocycles. The normalized spacial score (nSPS) is 11.3. The number of benzene rings is 1. The lowest BCUT2D eigenvalue weighted by Gasteiger charge is -2.10. The van der Waals surface area contributed by atoms with E-state index in [1.165, 1.54) is 5.56 Å². The van der Waals surface area contributed by atoms with Crippen LogP contribution >= 0.6 is 15.9 Å². The number of hydrogen-bond acceptors (Lipinski definition) is 2. The maximum Gasteiger partial charge on any atom is 0.128 e. The smallest absolute Gasteiger partial charge is 0.128 e. The summed E-state index contributed by atoms with van der Waals surface area (Å²) < 4.78 is 6.47. The molecule has 3 nitrogen and oxygen atoms in total. The summed E-state index contributed by atoms with van der Waals surface area (Å²) in [4.78, 5) is 5.42. The number of H-pyrrole nitrogens is 1. The minimum absolute atomic E-state index is 0.896. The highest BCUT2D eigenvalue weighted by atomic mass is 79.9. The Morgan fingerprint density at radius 3 is 2.75 bits per heavy atom. The standard InChI is InChI=1S/C12H15BrN2O/c1-15(2)7-8-6-14-12-9(13)4-5-10(16-3)11(8)12/h4-6,14H,7H2,1-3H3. The lowest BCUT2D eigenvalue weighted by atomic mass is 10.1. The lowest BCUT2D eigenvalue weighted by molar-refractivity contribution is 0.401. The number of nitrogens with one attached hydrogen (secondary N) is 1. The van der Waals surface area contributed by atoms with Gasteiger partial charge in [0.15, 0.2) is 0 Å². The molecule has 0 amide bonds. The molecule has 0 atom stereocenters. The molecule has 1 N–H and O–H groups in total. The van der Waals surface area contributed by atoms with E-state index in [1.807, 2.05) is 18.3 Å². The number of aromatic amines is 1. The van der Waals surface area contributed by atoms with Crippen molar-refractivity contribution in [3.8, 4) is 5.75 Å². The lowest BCUT2D eigenvalue weighted by Crippen LogP contribution is -2.10. The zero-order valence-electron chi connectivity index (χ0n) is 9.67. The van der Waals surface area contributed by atoms with Gasteiger partial charge in [0.2, 0.25) is 0 Å². The molecule has 0 fully saturated rings. The summed E-state index contributed by atoms with van der Waals surface area (Å²) >= 11 is 3.54. The number of nitrogens with zero attached hydrogens (tertiary/aromatic N) is 1. The Morgan fingerprint density at radius 1 is 1.38 bits per heavy atom. The van der Waals surface area contributed by atoms with E-state index in [4.69, 9.17) is 4.74 Å². The van der Waals surface area contributed by atoms with Gasteiger partial charge in [-0.15, -0.1) is 0 Å². The van der Waals surface area contributed by atoms with E-state index in [0.29, 0.717) is 0 Å². The van der Waals surface area contributed by atoms with E-state index in [0.717, 1.165) is 27.7 Å². The molecule has 1 heterocycles. The van der Waals surface area contributed by atoms with Crippen molar-refractivity contribution in [1.29, 1.82) is 0 Å². The van der Waals surface area contributed by atoms with Gasteiger partial charge >= 0.3 is 0 Å². The number of hydrogen-bond donors (Lipinski definition) is 1. The van der Waals surface area contributed by atoms with E-state index in [1.54, 1.807) is 7.11 Å². The Balaban J connectivity index is 2.63. The van der Waals surface area contributed by atoms with Gasteiger partial charge in [-0.1, -0.05) is 0 Å². The van der Waals surface area contributed by atoms with E-state index in [-0.39, 0.29) is 0 Å². The van der Waals surface area contributed by atoms with E-state index in [2.05, 4.69) is 39.9 Å². The quantitative estimate of drug-likeness (QED) is 0.938. The number of ether oxygens (including phenoxy) is 1. The zero-order valence-corrected chi connectivity index (χ0v) is 11.3. The first-order valence-electron chi connectivity index (χ1n) is 5.10. The van der Waals surface area contributed by atoms with Gasteiger partial charge in [-0.25, -0.2) is 0 Å². The maximum atomic E-state index is 5.40. The summed E-state index contributed by atoms with van der Waals surface area (Å²) in [6.45, 7) is 0.896. The Morgan fingerprint density at radius 2 is 2.12 bits per heavy atom. The van der Waals surface area contributed by atoms with Crippen LogP contribution in [0.2, 0.25) is 0 Å². The summed E-state index contributed by atoms with van der Waals surface area (Å²) in [7, 11) is 5.82. The van der Waals surface area contributed by atoms with Gasteiger partial charge in [0.05, 0.1) is 12.6 Å². The fourth-order valence-corrected chi connectivity index (χ4v) is 2.33.